The van der Waals surface area contributed by atoms with Crippen LogP contribution in [0.2, 0.25) is 0 Å². The van der Waals surface area contributed by atoms with Crippen LogP contribution >= 0.6 is 0 Å². The number of halogens is 1. The molecule has 3 aliphatic heterocycles. The van der Waals surface area contributed by atoms with Gasteiger partial charge in [0.25, 0.3) is 0 Å². The van der Waals surface area contributed by atoms with Gasteiger partial charge in [-0.3, -0.25) is 19.4 Å². The van der Waals surface area contributed by atoms with Crippen molar-refractivity contribution in [3.8, 4) is 0 Å². The molecule has 1 amide bonds. The second-order valence-electron chi connectivity index (χ2n) is 8.23. The van der Waals surface area contributed by atoms with Crippen LogP contribution in [0.4, 0.5) is 10.1 Å². The molecule has 0 saturated carbocycles. The smallest absolute Gasteiger partial charge is 0.312 e. The molecule has 7 nitrogen and oxygen atoms in total. The predicted molar refractivity (Wildman–Crippen MR) is 105 cm³/mol. The SMILES string of the molecule is O=C(CN1CCC2(CC1)CC(CN1CCOCC1)OC2=O)Nc1ccccc1F. The van der Waals surface area contributed by atoms with Crippen molar-refractivity contribution >= 4 is 17.6 Å². The van der Waals surface area contributed by atoms with Crippen molar-refractivity contribution in [3.63, 3.8) is 0 Å². The van der Waals surface area contributed by atoms with Gasteiger partial charge < -0.3 is 14.8 Å². The van der Waals surface area contributed by atoms with E-state index in [1.807, 2.05) is 4.90 Å². The van der Waals surface area contributed by atoms with E-state index >= 15 is 0 Å². The number of anilines is 1. The molecule has 3 aliphatic rings. The number of hydrogen-bond acceptors (Lipinski definition) is 6. The molecule has 1 unspecified atom stereocenters. The van der Waals surface area contributed by atoms with E-state index < -0.39 is 11.2 Å². The molecule has 1 atom stereocenters. The maximum absolute atomic E-state index is 13.7. The summed E-state index contributed by atoms with van der Waals surface area (Å²) in [6, 6.07) is 6.13. The largest absolute Gasteiger partial charge is 0.461 e. The third-order valence-corrected chi connectivity index (χ3v) is 6.22. The maximum atomic E-state index is 13.7. The molecule has 1 spiro atoms. The zero-order chi connectivity index (χ0) is 20.3. The van der Waals surface area contributed by atoms with Crippen LogP contribution in [-0.2, 0) is 19.1 Å². The van der Waals surface area contributed by atoms with E-state index in [1.165, 1.54) is 6.07 Å². The van der Waals surface area contributed by atoms with Crippen LogP contribution in [0.3, 0.4) is 0 Å². The highest BCUT2D eigenvalue weighted by Gasteiger charge is 2.50. The normalized spacial score (nSPS) is 25.1. The Labute approximate surface area is 170 Å². The standard InChI is InChI=1S/C21H28FN3O4/c22-17-3-1-2-4-18(17)23-19(26)15-24-7-5-21(6-8-24)13-16(29-20(21)27)14-25-9-11-28-12-10-25/h1-4,16H,5-15H2,(H,23,26). The van der Waals surface area contributed by atoms with Crippen molar-refractivity contribution in [2.24, 2.45) is 5.41 Å². The van der Waals surface area contributed by atoms with Gasteiger partial charge in [-0.25, -0.2) is 4.39 Å². The van der Waals surface area contributed by atoms with Crippen molar-refractivity contribution in [2.75, 3.05) is 57.8 Å². The lowest BCUT2D eigenvalue weighted by Gasteiger charge is -2.36. The molecule has 1 aromatic carbocycles. The minimum absolute atomic E-state index is 0.0588. The number of nitrogens with zero attached hydrogens (tertiary/aromatic N) is 2. The average molecular weight is 405 g/mol. The van der Waals surface area contributed by atoms with E-state index in [0.29, 0.717) is 25.9 Å². The van der Waals surface area contributed by atoms with Gasteiger partial charge in [-0.1, -0.05) is 12.1 Å². The van der Waals surface area contributed by atoms with E-state index in [2.05, 4.69) is 10.2 Å². The molecule has 1 aromatic rings. The van der Waals surface area contributed by atoms with Gasteiger partial charge in [-0.2, -0.15) is 0 Å². The highest BCUT2D eigenvalue weighted by atomic mass is 19.1. The van der Waals surface area contributed by atoms with E-state index in [1.54, 1.807) is 18.2 Å². The Hall–Kier alpha value is -2.03. The fraction of sp³-hybridized carbons (Fsp3) is 0.619. The lowest BCUT2D eigenvalue weighted by atomic mass is 9.76. The molecule has 3 saturated heterocycles. The number of carbonyl (C=O) groups excluding carboxylic acids is 2. The predicted octanol–water partition coefficient (Wildman–Crippen LogP) is 1.49. The molecule has 0 aliphatic carbocycles. The summed E-state index contributed by atoms with van der Waals surface area (Å²) in [4.78, 5) is 29.2. The van der Waals surface area contributed by atoms with Gasteiger partial charge in [0.2, 0.25) is 5.91 Å². The van der Waals surface area contributed by atoms with Crippen molar-refractivity contribution in [1.82, 2.24) is 9.80 Å². The number of carbonyl (C=O) groups is 2. The van der Waals surface area contributed by atoms with E-state index in [4.69, 9.17) is 9.47 Å². The number of morpholine rings is 1. The Morgan fingerprint density at radius 2 is 1.86 bits per heavy atom. The summed E-state index contributed by atoms with van der Waals surface area (Å²) in [5.41, 5.74) is -0.230. The molecule has 3 heterocycles. The number of nitrogens with one attached hydrogen (secondary N) is 1. The van der Waals surface area contributed by atoms with Gasteiger partial charge >= 0.3 is 5.97 Å². The first kappa shape index (κ1) is 20.3. The molecular weight excluding hydrogens is 377 g/mol. The minimum Gasteiger partial charge on any atom is -0.461 e. The lowest BCUT2D eigenvalue weighted by molar-refractivity contribution is -0.151. The number of rotatable bonds is 5. The van der Waals surface area contributed by atoms with Crippen LogP contribution in [0.15, 0.2) is 24.3 Å². The van der Waals surface area contributed by atoms with Gasteiger partial charge in [0.1, 0.15) is 11.9 Å². The molecule has 29 heavy (non-hydrogen) atoms. The van der Waals surface area contributed by atoms with Crippen LogP contribution in [0.5, 0.6) is 0 Å². The minimum atomic E-state index is -0.446. The number of amides is 1. The molecule has 0 bridgehead atoms. The fourth-order valence-corrected chi connectivity index (χ4v) is 4.51. The van der Waals surface area contributed by atoms with E-state index in [9.17, 15) is 14.0 Å². The highest BCUT2D eigenvalue weighted by molar-refractivity contribution is 5.92. The molecule has 0 aromatic heterocycles. The monoisotopic (exact) mass is 405 g/mol. The second kappa shape index (κ2) is 8.77. The van der Waals surface area contributed by atoms with E-state index in [-0.39, 0.29) is 30.2 Å². The van der Waals surface area contributed by atoms with Gasteiger partial charge in [-0.05, 0) is 38.1 Å². The summed E-state index contributed by atoms with van der Waals surface area (Å²) in [6.45, 7) is 5.50. The zero-order valence-electron chi connectivity index (χ0n) is 16.6. The number of cyclic esters (lactones) is 1. The number of likely N-dealkylation sites (tertiary alicyclic amines) is 1. The van der Waals surface area contributed by atoms with Gasteiger partial charge in [0, 0.05) is 26.1 Å². The zero-order valence-corrected chi connectivity index (χ0v) is 16.6. The summed E-state index contributed by atoms with van der Waals surface area (Å²) in [7, 11) is 0. The number of hydrogen-bond donors (Lipinski definition) is 1. The Bertz CT molecular complexity index is 745. The van der Waals surface area contributed by atoms with E-state index in [0.717, 1.165) is 39.3 Å². The molecule has 1 N–H and O–H groups in total. The molecule has 3 fully saturated rings. The van der Waals surface area contributed by atoms with Crippen molar-refractivity contribution in [2.45, 2.75) is 25.4 Å². The van der Waals surface area contributed by atoms with Crippen molar-refractivity contribution in [1.29, 1.82) is 0 Å². The van der Waals surface area contributed by atoms with Crippen LogP contribution in [0.25, 0.3) is 0 Å². The number of piperidine rings is 1. The summed E-state index contributed by atoms with van der Waals surface area (Å²) in [5, 5.41) is 2.62. The van der Waals surface area contributed by atoms with Gasteiger partial charge in [0.15, 0.2) is 0 Å². The van der Waals surface area contributed by atoms with Crippen molar-refractivity contribution in [3.05, 3.63) is 30.1 Å². The Morgan fingerprint density at radius 1 is 1.14 bits per heavy atom. The number of para-hydroxylation sites is 1. The lowest BCUT2D eigenvalue weighted by Crippen LogP contribution is -2.45. The van der Waals surface area contributed by atoms with Gasteiger partial charge in [-0.15, -0.1) is 0 Å². The topological polar surface area (TPSA) is 71.1 Å². The quantitative estimate of drug-likeness (QED) is 0.749. The Kier molecular flexibility index (Phi) is 6.12. The summed E-state index contributed by atoms with van der Waals surface area (Å²) >= 11 is 0. The first-order valence-electron chi connectivity index (χ1n) is 10.3. The third-order valence-electron chi connectivity index (χ3n) is 6.22. The summed E-state index contributed by atoms with van der Waals surface area (Å²) < 4.78 is 24.8. The van der Waals surface area contributed by atoms with Crippen LogP contribution in [-0.4, -0.2) is 80.3 Å². The number of ether oxygens (including phenoxy) is 2. The van der Waals surface area contributed by atoms with Crippen LogP contribution < -0.4 is 5.32 Å². The Balaban J connectivity index is 1.25. The summed E-state index contributed by atoms with van der Waals surface area (Å²) in [6.07, 6.45) is 2.08. The average Bonchev–Trinajstić information content (AvgIpc) is 3.01. The molecule has 0 radical (unpaired) electrons. The van der Waals surface area contributed by atoms with Crippen LogP contribution in [0, 0.1) is 11.2 Å². The first-order chi connectivity index (χ1) is 14.0. The molecule has 4 rings (SSSR count). The summed E-state index contributed by atoms with van der Waals surface area (Å²) in [5.74, 6) is -0.782. The first-order valence-corrected chi connectivity index (χ1v) is 10.3. The van der Waals surface area contributed by atoms with Gasteiger partial charge in [0.05, 0.1) is 30.9 Å². The fourth-order valence-electron chi connectivity index (χ4n) is 4.51. The molecular formula is C21H28FN3O4. The second-order valence-corrected chi connectivity index (χ2v) is 8.23. The van der Waals surface area contributed by atoms with Crippen LogP contribution in [0.1, 0.15) is 19.3 Å². The number of esters is 1. The molecule has 8 heteroatoms. The third kappa shape index (κ3) is 4.76. The number of benzene rings is 1. The highest BCUT2D eigenvalue weighted by Crippen LogP contribution is 2.43. The van der Waals surface area contributed by atoms with Crippen molar-refractivity contribution < 1.29 is 23.5 Å². The Morgan fingerprint density at radius 3 is 2.59 bits per heavy atom. The maximum Gasteiger partial charge on any atom is 0.312 e. The molecule has 158 valence electrons.